The number of hydrogen-bond acceptors (Lipinski definition) is 3. The molecule has 1 atom stereocenters. The minimum Gasteiger partial charge on any atom is -0.380 e. The number of nitrogens with zero attached hydrogens (tertiary/aromatic N) is 1. The average molecular weight is 381 g/mol. The third kappa shape index (κ3) is 5.57. The van der Waals surface area contributed by atoms with Gasteiger partial charge in [0.1, 0.15) is 0 Å². The molecule has 1 saturated heterocycles. The number of para-hydroxylation sites is 1. The Morgan fingerprint density at radius 1 is 1.11 bits per heavy atom. The van der Waals surface area contributed by atoms with Crippen molar-refractivity contribution in [3.8, 4) is 0 Å². The minimum absolute atomic E-state index is 0.00523. The van der Waals surface area contributed by atoms with Crippen LogP contribution in [0.25, 0.3) is 0 Å². The van der Waals surface area contributed by atoms with E-state index in [1.165, 1.54) is 0 Å². The van der Waals surface area contributed by atoms with E-state index in [2.05, 4.69) is 10.6 Å². The first kappa shape index (κ1) is 19.9. The van der Waals surface area contributed by atoms with Crippen molar-refractivity contribution >= 4 is 17.6 Å². The summed E-state index contributed by atoms with van der Waals surface area (Å²) >= 11 is 0. The van der Waals surface area contributed by atoms with E-state index in [-0.39, 0.29) is 17.9 Å². The van der Waals surface area contributed by atoms with Crippen LogP contribution >= 0.6 is 0 Å². The van der Waals surface area contributed by atoms with Crippen molar-refractivity contribution in [2.45, 2.75) is 26.0 Å². The van der Waals surface area contributed by atoms with Gasteiger partial charge in [0.25, 0.3) is 0 Å². The highest BCUT2D eigenvalue weighted by Gasteiger charge is 2.28. The number of benzene rings is 2. The number of anilines is 1. The van der Waals surface area contributed by atoms with Gasteiger partial charge in [-0.15, -0.1) is 0 Å². The number of methoxy groups -OCH3 is 1. The molecule has 6 heteroatoms. The van der Waals surface area contributed by atoms with Crippen molar-refractivity contribution in [1.82, 2.24) is 10.2 Å². The molecular formula is C22H27N3O3. The van der Waals surface area contributed by atoms with Crippen LogP contribution in [0.5, 0.6) is 0 Å². The van der Waals surface area contributed by atoms with Crippen molar-refractivity contribution in [2.24, 2.45) is 5.92 Å². The predicted molar refractivity (Wildman–Crippen MR) is 109 cm³/mol. The van der Waals surface area contributed by atoms with Gasteiger partial charge in [-0.05, 0) is 36.1 Å². The lowest BCUT2D eigenvalue weighted by atomic mass is 9.97. The molecule has 0 radical (unpaired) electrons. The Labute approximate surface area is 165 Å². The van der Waals surface area contributed by atoms with Crippen molar-refractivity contribution < 1.29 is 14.3 Å². The lowest BCUT2D eigenvalue weighted by molar-refractivity contribution is -0.126. The fourth-order valence-corrected chi connectivity index (χ4v) is 3.43. The fourth-order valence-electron chi connectivity index (χ4n) is 3.43. The van der Waals surface area contributed by atoms with Gasteiger partial charge >= 0.3 is 6.03 Å². The summed E-state index contributed by atoms with van der Waals surface area (Å²) in [6, 6.07) is 17.2. The number of likely N-dealkylation sites (tertiary alicyclic amines) is 1. The number of ether oxygens (including phenoxy) is 1. The highest BCUT2D eigenvalue weighted by Crippen LogP contribution is 2.18. The van der Waals surface area contributed by atoms with Crippen LogP contribution in [-0.2, 0) is 22.7 Å². The van der Waals surface area contributed by atoms with Crippen molar-refractivity contribution in [1.29, 1.82) is 0 Å². The summed E-state index contributed by atoms with van der Waals surface area (Å²) < 4.78 is 5.15. The Morgan fingerprint density at radius 2 is 1.89 bits per heavy atom. The molecule has 0 aromatic heterocycles. The first-order valence-electron chi connectivity index (χ1n) is 9.61. The van der Waals surface area contributed by atoms with Crippen LogP contribution in [0.1, 0.15) is 24.0 Å². The molecule has 3 amide bonds. The van der Waals surface area contributed by atoms with Crippen LogP contribution in [0.4, 0.5) is 10.5 Å². The number of carbonyl (C=O) groups excluding carboxylic acids is 2. The fraction of sp³-hybridized carbons (Fsp3) is 0.364. The summed E-state index contributed by atoms with van der Waals surface area (Å²) in [4.78, 5) is 26.8. The Bertz CT molecular complexity index is 795. The maximum atomic E-state index is 12.6. The maximum absolute atomic E-state index is 12.6. The van der Waals surface area contributed by atoms with E-state index in [0.29, 0.717) is 26.2 Å². The number of carbonyl (C=O) groups is 2. The smallest absolute Gasteiger partial charge is 0.321 e. The molecule has 0 aliphatic carbocycles. The minimum atomic E-state index is -0.183. The molecule has 6 nitrogen and oxygen atoms in total. The highest BCUT2D eigenvalue weighted by molar-refractivity contribution is 5.90. The van der Waals surface area contributed by atoms with Gasteiger partial charge in [0, 0.05) is 32.4 Å². The first-order valence-corrected chi connectivity index (χ1v) is 9.61. The predicted octanol–water partition coefficient (Wildman–Crippen LogP) is 3.39. The number of piperidine rings is 1. The van der Waals surface area contributed by atoms with Crippen molar-refractivity contribution in [2.75, 3.05) is 25.5 Å². The molecule has 1 aliphatic heterocycles. The van der Waals surface area contributed by atoms with E-state index in [4.69, 9.17) is 4.74 Å². The summed E-state index contributed by atoms with van der Waals surface area (Å²) in [7, 11) is 1.66. The van der Waals surface area contributed by atoms with Crippen molar-refractivity contribution in [3.05, 3.63) is 65.7 Å². The van der Waals surface area contributed by atoms with Crippen LogP contribution in [0.3, 0.4) is 0 Å². The molecule has 2 N–H and O–H groups in total. The van der Waals surface area contributed by atoms with Crippen LogP contribution in [0.2, 0.25) is 0 Å². The molecule has 2 aromatic carbocycles. The molecule has 0 saturated carbocycles. The Balaban J connectivity index is 1.51. The second kappa shape index (κ2) is 9.90. The lowest BCUT2D eigenvalue weighted by Gasteiger charge is -2.32. The summed E-state index contributed by atoms with van der Waals surface area (Å²) in [6.07, 6.45) is 1.62. The molecular weight excluding hydrogens is 354 g/mol. The second-order valence-electron chi connectivity index (χ2n) is 7.05. The zero-order valence-electron chi connectivity index (χ0n) is 16.2. The van der Waals surface area contributed by atoms with E-state index in [0.717, 1.165) is 29.7 Å². The molecule has 1 fully saturated rings. The number of urea groups is 1. The third-order valence-corrected chi connectivity index (χ3v) is 4.87. The quantitative estimate of drug-likeness (QED) is 0.806. The van der Waals surface area contributed by atoms with E-state index in [1.807, 2.05) is 54.6 Å². The van der Waals surface area contributed by atoms with Crippen molar-refractivity contribution in [3.63, 3.8) is 0 Å². The van der Waals surface area contributed by atoms with Gasteiger partial charge in [0.2, 0.25) is 5.91 Å². The van der Waals surface area contributed by atoms with Crippen LogP contribution in [0, 0.1) is 5.92 Å². The zero-order chi connectivity index (χ0) is 19.8. The van der Waals surface area contributed by atoms with E-state index in [1.54, 1.807) is 12.0 Å². The molecule has 28 heavy (non-hydrogen) atoms. The van der Waals surface area contributed by atoms with E-state index >= 15 is 0 Å². The summed E-state index contributed by atoms with van der Waals surface area (Å²) in [5, 5.41) is 5.90. The van der Waals surface area contributed by atoms with Gasteiger partial charge in [-0.2, -0.15) is 0 Å². The van der Waals surface area contributed by atoms with Gasteiger partial charge in [-0.3, -0.25) is 4.79 Å². The average Bonchev–Trinajstić information content (AvgIpc) is 2.73. The SMILES string of the molecule is COCc1cccc(CNC(=O)C2CCCN(C(=O)Nc3ccccc3)C2)c1. The standard InChI is InChI=1S/C22H27N3O3/c1-28-16-18-8-5-7-17(13-18)14-23-21(26)19-9-6-12-25(15-19)22(27)24-20-10-3-2-4-11-20/h2-5,7-8,10-11,13,19H,6,9,12,14-16H2,1H3,(H,23,26)(H,24,27). The number of rotatable bonds is 6. The number of nitrogens with one attached hydrogen (secondary N) is 2. The highest BCUT2D eigenvalue weighted by atomic mass is 16.5. The van der Waals surface area contributed by atoms with Gasteiger partial charge in [-0.25, -0.2) is 4.79 Å². The van der Waals surface area contributed by atoms with Gasteiger partial charge in [0.15, 0.2) is 0 Å². The van der Waals surface area contributed by atoms with E-state index < -0.39 is 0 Å². The lowest BCUT2D eigenvalue weighted by Crippen LogP contribution is -2.46. The maximum Gasteiger partial charge on any atom is 0.321 e. The Kier molecular flexibility index (Phi) is 7.03. The third-order valence-electron chi connectivity index (χ3n) is 4.87. The second-order valence-corrected chi connectivity index (χ2v) is 7.05. The Morgan fingerprint density at radius 3 is 2.68 bits per heavy atom. The van der Waals surface area contributed by atoms with Crippen LogP contribution in [-0.4, -0.2) is 37.0 Å². The van der Waals surface area contributed by atoms with Gasteiger partial charge in [0.05, 0.1) is 12.5 Å². The molecule has 0 bridgehead atoms. The monoisotopic (exact) mass is 381 g/mol. The summed E-state index contributed by atoms with van der Waals surface area (Å²) in [5.74, 6) is -0.188. The molecule has 1 unspecified atom stereocenters. The molecule has 0 spiro atoms. The Hall–Kier alpha value is -2.86. The summed E-state index contributed by atoms with van der Waals surface area (Å²) in [6.45, 7) is 2.13. The normalized spacial score (nSPS) is 16.5. The van der Waals surface area contributed by atoms with Gasteiger partial charge in [-0.1, -0.05) is 42.5 Å². The number of amides is 3. The topological polar surface area (TPSA) is 70.7 Å². The molecule has 1 aliphatic rings. The molecule has 148 valence electrons. The largest absolute Gasteiger partial charge is 0.380 e. The van der Waals surface area contributed by atoms with Crippen LogP contribution < -0.4 is 10.6 Å². The van der Waals surface area contributed by atoms with Crippen LogP contribution in [0.15, 0.2) is 54.6 Å². The first-order chi connectivity index (χ1) is 13.7. The molecule has 1 heterocycles. The molecule has 3 rings (SSSR count). The molecule has 2 aromatic rings. The van der Waals surface area contributed by atoms with Gasteiger partial charge < -0.3 is 20.3 Å². The summed E-state index contributed by atoms with van der Waals surface area (Å²) in [5.41, 5.74) is 2.88. The van der Waals surface area contributed by atoms with E-state index in [9.17, 15) is 9.59 Å². The number of hydrogen-bond donors (Lipinski definition) is 2. The zero-order valence-corrected chi connectivity index (χ0v) is 16.2.